The molecule has 1 atom stereocenters. The summed E-state index contributed by atoms with van der Waals surface area (Å²) in [5.41, 5.74) is 0. The summed E-state index contributed by atoms with van der Waals surface area (Å²) in [5.74, 6) is 1.35. The van der Waals surface area contributed by atoms with Crippen LogP contribution in [0.4, 0.5) is 0 Å². The Morgan fingerprint density at radius 3 is 2.52 bits per heavy atom. The van der Waals surface area contributed by atoms with Gasteiger partial charge in [0.05, 0.1) is 37.5 Å². The van der Waals surface area contributed by atoms with Crippen molar-refractivity contribution in [3.05, 3.63) is 48.4 Å². The summed E-state index contributed by atoms with van der Waals surface area (Å²) >= 11 is 0. The molecular weight excluding hydrogens is 344 g/mol. The second kappa shape index (κ2) is 8.01. The van der Waals surface area contributed by atoms with E-state index in [4.69, 9.17) is 13.9 Å². The number of hydrogen-bond donors (Lipinski definition) is 1. The van der Waals surface area contributed by atoms with E-state index in [1.807, 2.05) is 6.07 Å². The van der Waals surface area contributed by atoms with Crippen LogP contribution in [0.1, 0.15) is 11.8 Å². The monoisotopic (exact) mass is 366 g/mol. The van der Waals surface area contributed by atoms with Crippen LogP contribution in [0.25, 0.3) is 0 Å². The molecular formula is C17H22N2O5S. The molecule has 0 spiro atoms. The molecule has 8 heteroatoms. The second-order valence-corrected chi connectivity index (χ2v) is 7.47. The maximum absolute atomic E-state index is 12.6. The molecule has 0 bridgehead atoms. The average Bonchev–Trinajstić information content (AvgIpc) is 3.17. The number of rotatable bonds is 7. The largest absolute Gasteiger partial charge is 0.497 e. The van der Waals surface area contributed by atoms with Gasteiger partial charge in [-0.3, -0.25) is 4.90 Å². The zero-order valence-electron chi connectivity index (χ0n) is 14.1. The number of sulfonamides is 1. The number of ether oxygens (including phenoxy) is 2. The Labute approximate surface area is 147 Å². The van der Waals surface area contributed by atoms with Crippen molar-refractivity contribution in [3.8, 4) is 5.75 Å². The third-order valence-corrected chi connectivity index (χ3v) is 5.63. The second-order valence-electron chi connectivity index (χ2n) is 5.71. The van der Waals surface area contributed by atoms with Gasteiger partial charge in [-0.25, -0.2) is 13.1 Å². The molecule has 0 unspecified atom stereocenters. The highest BCUT2D eigenvalue weighted by molar-refractivity contribution is 7.89. The normalized spacial score (nSPS) is 17.3. The Morgan fingerprint density at radius 1 is 1.20 bits per heavy atom. The van der Waals surface area contributed by atoms with Gasteiger partial charge in [0.2, 0.25) is 10.0 Å². The number of benzene rings is 1. The Balaban J connectivity index is 1.73. The number of furan rings is 1. The maximum Gasteiger partial charge on any atom is 0.240 e. The summed E-state index contributed by atoms with van der Waals surface area (Å²) < 4.78 is 43.8. The van der Waals surface area contributed by atoms with Crippen molar-refractivity contribution in [3.63, 3.8) is 0 Å². The molecule has 1 aliphatic rings. The van der Waals surface area contributed by atoms with E-state index in [-0.39, 0.29) is 17.5 Å². The molecule has 1 fully saturated rings. The summed E-state index contributed by atoms with van der Waals surface area (Å²) in [6.45, 7) is 2.94. The average molecular weight is 366 g/mol. The molecule has 2 heterocycles. The first-order chi connectivity index (χ1) is 12.1. The van der Waals surface area contributed by atoms with Crippen molar-refractivity contribution in [2.24, 2.45) is 0 Å². The van der Waals surface area contributed by atoms with E-state index in [1.165, 1.54) is 19.2 Å². The quantitative estimate of drug-likeness (QED) is 0.802. The number of methoxy groups -OCH3 is 1. The van der Waals surface area contributed by atoms with E-state index in [0.29, 0.717) is 19.0 Å². The molecule has 1 aliphatic heterocycles. The molecule has 1 aromatic heterocycles. The minimum Gasteiger partial charge on any atom is -0.497 e. The first-order valence-electron chi connectivity index (χ1n) is 8.09. The van der Waals surface area contributed by atoms with Crippen LogP contribution >= 0.6 is 0 Å². The summed E-state index contributed by atoms with van der Waals surface area (Å²) in [7, 11) is -2.08. The molecule has 0 radical (unpaired) electrons. The molecule has 7 nitrogen and oxygen atoms in total. The predicted molar refractivity (Wildman–Crippen MR) is 92.0 cm³/mol. The lowest BCUT2D eigenvalue weighted by atomic mass is 10.2. The van der Waals surface area contributed by atoms with E-state index >= 15 is 0 Å². The predicted octanol–water partition coefficient (Wildman–Crippen LogP) is 1.64. The molecule has 25 heavy (non-hydrogen) atoms. The Bertz CT molecular complexity index is 753. The number of hydrogen-bond acceptors (Lipinski definition) is 6. The van der Waals surface area contributed by atoms with Crippen molar-refractivity contribution < 1.29 is 22.3 Å². The van der Waals surface area contributed by atoms with Crippen LogP contribution in [-0.2, 0) is 14.8 Å². The van der Waals surface area contributed by atoms with Gasteiger partial charge in [0.1, 0.15) is 11.5 Å². The van der Waals surface area contributed by atoms with Crippen molar-refractivity contribution in [1.29, 1.82) is 0 Å². The molecule has 1 saturated heterocycles. The highest BCUT2D eigenvalue weighted by Gasteiger charge is 2.26. The van der Waals surface area contributed by atoms with E-state index < -0.39 is 10.0 Å². The smallest absolute Gasteiger partial charge is 0.240 e. The molecule has 0 amide bonds. The molecule has 1 N–H and O–H groups in total. The fourth-order valence-corrected chi connectivity index (χ4v) is 3.84. The Kier molecular flexibility index (Phi) is 5.74. The number of nitrogens with one attached hydrogen (secondary N) is 1. The maximum atomic E-state index is 12.6. The van der Waals surface area contributed by atoms with Gasteiger partial charge < -0.3 is 13.9 Å². The van der Waals surface area contributed by atoms with Crippen LogP contribution in [0, 0.1) is 0 Å². The van der Waals surface area contributed by atoms with Crippen molar-refractivity contribution in [1.82, 2.24) is 9.62 Å². The van der Waals surface area contributed by atoms with E-state index in [2.05, 4.69) is 9.62 Å². The van der Waals surface area contributed by atoms with Crippen LogP contribution in [0.3, 0.4) is 0 Å². The molecule has 2 aromatic rings. The van der Waals surface area contributed by atoms with Gasteiger partial charge in [0, 0.05) is 19.6 Å². The van der Waals surface area contributed by atoms with Crippen LogP contribution in [-0.4, -0.2) is 53.3 Å². The fraction of sp³-hybridized carbons (Fsp3) is 0.412. The minimum absolute atomic E-state index is 0.174. The summed E-state index contributed by atoms with van der Waals surface area (Å²) in [5, 5.41) is 0. The summed E-state index contributed by atoms with van der Waals surface area (Å²) in [6, 6.07) is 9.80. The highest BCUT2D eigenvalue weighted by Crippen LogP contribution is 2.23. The van der Waals surface area contributed by atoms with Gasteiger partial charge in [-0.2, -0.15) is 0 Å². The molecule has 0 aliphatic carbocycles. The van der Waals surface area contributed by atoms with Gasteiger partial charge in [-0.05, 0) is 36.4 Å². The van der Waals surface area contributed by atoms with Crippen LogP contribution in [0.15, 0.2) is 52.0 Å². The zero-order valence-corrected chi connectivity index (χ0v) is 14.9. The van der Waals surface area contributed by atoms with Crippen molar-refractivity contribution >= 4 is 10.0 Å². The summed E-state index contributed by atoms with van der Waals surface area (Å²) in [4.78, 5) is 2.37. The van der Waals surface area contributed by atoms with Crippen molar-refractivity contribution in [2.75, 3.05) is 40.0 Å². The Hall–Kier alpha value is -1.87. The SMILES string of the molecule is COc1ccc(S(=O)(=O)NC[C@H](c2ccco2)N2CCOCC2)cc1. The molecule has 136 valence electrons. The zero-order chi connectivity index (χ0) is 17.7. The van der Waals surface area contributed by atoms with E-state index in [1.54, 1.807) is 24.5 Å². The third kappa shape index (κ3) is 4.40. The van der Waals surface area contributed by atoms with Gasteiger partial charge in [-0.15, -0.1) is 0 Å². The molecule has 1 aromatic carbocycles. The minimum atomic E-state index is -3.62. The first-order valence-corrected chi connectivity index (χ1v) is 9.57. The number of morpholine rings is 1. The molecule has 0 saturated carbocycles. The van der Waals surface area contributed by atoms with Gasteiger partial charge >= 0.3 is 0 Å². The van der Waals surface area contributed by atoms with Crippen LogP contribution < -0.4 is 9.46 Å². The van der Waals surface area contributed by atoms with Gasteiger partial charge in [0.25, 0.3) is 0 Å². The fourth-order valence-electron chi connectivity index (χ4n) is 2.81. The van der Waals surface area contributed by atoms with Gasteiger partial charge in [0.15, 0.2) is 0 Å². The van der Waals surface area contributed by atoms with E-state index in [9.17, 15) is 8.42 Å². The molecule has 3 rings (SSSR count). The van der Waals surface area contributed by atoms with E-state index in [0.717, 1.165) is 18.8 Å². The van der Waals surface area contributed by atoms with Gasteiger partial charge in [-0.1, -0.05) is 0 Å². The van der Waals surface area contributed by atoms with Crippen LogP contribution in [0.5, 0.6) is 5.75 Å². The topological polar surface area (TPSA) is 81.0 Å². The third-order valence-electron chi connectivity index (χ3n) is 4.19. The lowest BCUT2D eigenvalue weighted by molar-refractivity contribution is 0.0128. The highest BCUT2D eigenvalue weighted by atomic mass is 32.2. The first kappa shape index (κ1) is 17.9. The number of nitrogens with zero attached hydrogens (tertiary/aromatic N) is 1. The lowest BCUT2D eigenvalue weighted by Crippen LogP contribution is -2.43. The van der Waals surface area contributed by atoms with Crippen LogP contribution in [0.2, 0.25) is 0 Å². The van der Waals surface area contributed by atoms with Crippen molar-refractivity contribution in [2.45, 2.75) is 10.9 Å². The standard InChI is InChI=1S/C17H22N2O5S/c1-22-14-4-6-15(7-5-14)25(20,21)18-13-16(17-3-2-10-24-17)19-8-11-23-12-9-19/h2-7,10,16,18H,8-9,11-13H2,1H3/t16-/m1/s1. The summed E-state index contributed by atoms with van der Waals surface area (Å²) in [6.07, 6.45) is 1.60. The Morgan fingerprint density at radius 2 is 1.92 bits per heavy atom. The lowest BCUT2D eigenvalue weighted by Gasteiger charge is -2.33.